The van der Waals surface area contributed by atoms with Gasteiger partial charge in [-0.15, -0.1) is 0 Å². The number of nitrogens with zero attached hydrogens (tertiary/aromatic N) is 3. The maximum atomic E-state index is 14.2. The Hall–Kier alpha value is -4.66. The van der Waals surface area contributed by atoms with E-state index in [0.717, 1.165) is 16.5 Å². The van der Waals surface area contributed by atoms with Gasteiger partial charge in [0, 0.05) is 43.2 Å². The summed E-state index contributed by atoms with van der Waals surface area (Å²) in [5, 5.41) is 13.9. The first-order valence-electron chi connectivity index (χ1n) is 21.4. The van der Waals surface area contributed by atoms with Crippen LogP contribution in [0.15, 0.2) is 30.5 Å². The van der Waals surface area contributed by atoms with Crippen molar-refractivity contribution in [2.75, 3.05) is 58.9 Å². The molecule has 2 aromatic rings. The first kappa shape index (κ1) is 49.7. The second-order valence-corrected chi connectivity index (χ2v) is 16.4. The van der Waals surface area contributed by atoms with Gasteiger partial charge in [0.1, 0.15) is 18.1 Å². The molecule has 0 aliphatic carbocycles. The largest absolute Gasteiger partial charge is 0.361 e. The van der Waals surface area contributed by atoms with E-state index in [1.54, 1.807) is 6.20 Å². The molecule has 6 amide bonds. The maximum Gasteiger partial charge on any atom is 0.257 e. The number of aromatic amines is 1. The summed E-state index contributed by atoms with van der Waals surface area (Å²) in [6.45, 7) is 8.92. The number of carbonyl (C=O) groups is 6. The molecule has 1 aromatic heterocycles. The molecule has 1 fully saturated rings. The lowest BCUT2D eigenvalue weighted by Gasteiger charge is -2.29. The summed E-state index contributed by atoms with van der Waals surface area (Å²) in [6.07, 6.45) is 5.95. The van der Waals surface area contributed by atoms with Crippen LogP contribution in [0.5, 0.6) is 0 Å². The summed E-state index contributed by atoms with van der Waals surface area (Å²) >= 11 is 0. The number of H-pyrrole nitrogens is 1. The number of para-hydroxylation sites is 1. The standard InChI is InChI=1S/C41H71N13O6/c1-28(2)23-53-27-38(57)48-35(21-30-22-45-32-14-6-5-13-31(30)32)41(60)51-54(24-29(3)4)26-37(56)47-33(15-7-9-17-42)39(58)49-52(20-12-11-19-44)25-36(55)46-34(40(59)50-53)16-8-10-18-43/h5-6,13-14,22,28-29,33-35,45H,7-12,15-21,23-27,42-44H2,1-4H3,(H,46,55)(H,47,56)(H,48,57)(H,49,58)(H,50,59)(H,51,60)/t33-,34-,35-/m0/s1. The summed E-state index contributed by atoms with van der Waals surface area (Å²) in [6, 6.07) is 4.54. The van der Waals surface area contributed by atoms with E-state index in [4.69, 9.17) is 17.2 Å². The second kappa shape index (κ2) is 26.5. The number of unbranched alkanes of at least 4 members (excludes halogenated alkanes) is 3. The number of amides is 6. The molecule has 19 nitrogen and oxygen atoms in total. The molecule has 0 radical (unpaired) electrons. The van der Waals surface area contributed by atoms with Crippen LogP contribution in [0.2, 0.25) is 0 Å². The van der Waals surface area contributed by atoms with E-state index in [9.17, 15) is 28.8 Å². The molecular formula is C41H71N13O6. The van der Waals surface area contributed by atoms with Crippen LogP contribution >= 0.6 is 0 Å². The van der Waals surface area contributed by atoms with Crippen LogP contribution in [0.25, 0.3) is 10.9 Å². The van der Waals surface area contributed by atoms with Gasteiger partial charge < -0.3 is 38.1 Å². The van der Waals surface area contributed by atoms with E-state index in [2.05, 4.69) is 37.2 Å². The number of fused-ring (bicyclic) bond motifs is 1. The molecule has 1 aliphatic heterocycles. The fraction of sp³-hybridized carbons (Fsp3) is 0.659. The van der Waals surface area contributed by atoms with Crippen molar-refractivity contribution in [2.24, 2.45) is 29.0 Å². The highest BCUT2D eigenvalue weighted by Crippen LogP contribution is 2.19. The average molecular weight is 842 g/mol. The molecule has 3 rings (SSSR count). The van der Waals surface area contributed by atoms with Crippen molar-refractivity contribution in [1.82, 2.24) is 52.2 Å². The van der Waals surface area contributed by atoms with Crippen LogP contribution in [0, 0.1) is 11.8 Å². The number of rotatable bonds is 18. The van der Waals surface area contributed by atoms with Crippen molar-refractivity contribution < 1.29 is 28.8 Å². The first-order valence-corrected chi connectivity index (χ1v) is 21.4. The van der Waals surface area contributed by atoms with Gasteiger partial charge in [-0.2, -0.15) is 0 Å². The number of nitrogens with two attached hydrogens (primary N) is 3. The van der Waals surface area contributed by atoms with E-state index < -0.39 is 53.6 Å². The number of aromatic nitrogens is 1. The Morgan fingerprint density at radius 3 is 1.52 bits per heavy atom. The van der Waals surface area contributed by atoms with Gasteiger partial charge in [0.25, 0.3) is 17.7 Å². The molecule has 60 heavy (non-hydrogen) atoms. The highest BCUT2D eigenvalue weighted by molar-refractivity contribution is 5.92. The number of nitrogens with one attached hydrogen (secondary N) is 7. The number of benzene rings is 1. The first-order chi connectivity index (χ1) is 28.7. The molecule has 1 aromatic carbocycles. The number of hydrazine groups is 3. The maximum absolute atomic E-state index is 14.2. The van der Waals surface area contributed by atoms with Crippen LogP contribution in [-0.2, 0) is 35.2 Å². The fourth-order valence-corrected chi connectivity index (χ4v) is 7.00. The van der Waals surface area contributed by atoms with Crippen molar-refractivity contribution in [1.29, 1.82) is 0 Å². The smallest absolute Gasteiger partial charge is 0.257 e. The molecule has 19 heteroatoms. The SMILES string of the molecule is CC(C)CN1CC(=O)N[C@@H](Cc2c[nH]c3ccccc23)C(=O)NN(CC(C)C)CC(=O)N[C@@H](CCCCN)C(=O)NN(CCCCN)CC(=O)N[C@@H](CCCCN)C(=O)N1. The molecule has 0 bridgehead atoms. The molecular weight excluding hydrogens is 771 g/mol. The number of hydrogen-bond donors (Lipinski definition) is 10. The average Bonchev–Trinajstić information content (AvgIpc) is 3.58. The zero-order chi connectivity index (χ0) is 44.0. The Morgan fingerprint density at radius 1 is 0.583 bits per heavy atom. The lowest BCUT2D eigenvalue weighted by atomic mass is 10.0. The van der Waals surface area contributed by atoms with Crippen molar-refractivity contribution in [3.63, 3.8) is 0 Å². The highest BCUT2D eigenvalue weighted by Gasteiger charge is 2.30. The molecule has 13 N–H and O–H groups in total. The molecule has 0 saturated carbocycles. The molecule has 2 heterocycles. The van der Waals surface area contributed by atoms with Crippen molar-refractivity contribution >= 4 is 46.3 Å². The van der Waals surface area contributed by atoms with E-state index in [0.29, 0.717) is 58.2 Å². The quantitative estimate of drug-likeness (QED) is 0.0851. The summed E-state index contributed by atoms with van der Waals surface area (Å²) < 4.78 is 0. The van der Waals surface area contributed by atoms with Gasteiger partial charge in [-0.3, -0.25) is 45.0 Å². The Balaban J connectivity index is 2.06. The van der Waals surface area contributed by atoms with Crippen LogP contribution in [0.1, 0.15) is 84.6 Å². The molecule has 0 unspecified atom stereocenters. The summed E-state index contributed by atoms with van der Waals surface area (Å²) in [5.74, 6) is -3.16. The third-order valence-electron chi connectivity index (χ3n) is 9.81. The normalized spacial score (nSPS) is 20.6. The summed E-state index contributed by atoms with van der Waals surface area (Å²) in [4.78, 5) is 86.6. The Bertz CT molecular complexity index is 1670. The van der Waals surface area contributed by atoms with Gasteiger partial charge in [-0.05, 0) is 94.5 Å². The van der Waals surface area contributed by atoms with Crippen molar-refractivity contribution in [3.05, 3.63) is 36.0 Å². The predicted molar refractivity (Wildman–Crippen MR) is 231 cm³/mol. The van der Waals surface area contributed by atoms with Gasteiger partial charge in [0.15, 0.2) is 0 Å². The van der Waals surface area contributed by atoms with Gasteiger partial charge in [0.05, 0.1) is 19.6 Å². The van der Waals surface area contributed by atoms with E-state index in [1.165, 1.54) is 15.0 Å². The van der Waals surface area contributed by atoms with Gasteiger partial charge in [-0.1, -0.05) is 45.9 Å². The third kappa shape index (κ3) is 17.9. The third-order valence-corrected chi connectivity index (χ3v) is 9.81. The van der Waals surface area contributed by atoms with Gasteiger partial charge in [-0.25, -0.2) is 15.0 Å². The Labute approximate surface area is 354 Å². The minimum absolute atomic E-state index is 0.0125. The van der Waals surface area contributed by atoms with Crippen LogP contribution in [0.3, 0.4) is 0 Å². The second-order valence-electron chi connectivity index (χ2n) is 16.4. The lowest BCUT2D eigenvalue weighted by molar-refractivity contribution is -0.137. The van der Waals surface area contributed by atoms with E-state index in [-0.39, 0.29) is 70.4 Å². The van der Waals surface area contributed by atoms with Crippen LogP contribution in [-0.4, -0.2) is 132 Å². The van der Waals surface area contributed by atoms with Crippen molar-refractivity contribution in [3.8, 4) is 0 Å². The lowest BCUT2D eigenvalue weighted by Crippen LogP contribution is -2.59. The Morgan fingerprint density at radius 2 is 1.02 bits per heavy atom. The minimum atomic E-state index is -1.09. The zero-order valence-electron chi connectivity index (χ0n) is 36.0. The predicted octanol–water partition coefficient (Wildman–Crippen LogP) is -0.513. The molecule has 1 aliphatic rings. The van der Waals surface area contributed by atoms with E-state index in [1.807, 2.05) is 52.0 Å². The fourth-order valence-electron chi connectivity index (χ4n) is 7.00. The Kier molecular flexibility index (Phi) is 22.0. The monoisotopic (exact) mass is 842 g/mol. The molecule has 0 spiro atoms. The van der Waals surface area contributed by atoms with Gasteiger partial charge >= 0.3 is 0 Å². The van der Waals surface area contributed by atoms with Crippen LogP contribution in [0.4, 0.5) is 0 Å². The zero-order valence-corrected chi connectivity index (χ0v) is 36.0. The summed E-state index contributed by atoms with van der Waals surface area (Å²) in [5.41, 5.74) is 27.5. The highest BCUT2D eigenvalue weighted by atomic mass is 16.2. The molecule has 3 atom stereocenters. The number of hydrogen-bond acceptors (Lipinski definition) is 12. The van der Waals surface area contributed by atoms with E-state index >= 15 is 0 Å². The van der Waals surface area contributed by atoms with Crippen LogP contribution < -0.4 is 49.4 Å². The van der Waals surface area contributed by atoms with Crippen molar-refractivity contribution in [2.45, 2.75) is 104 Å². The molecule has 336 valence electrons. The summed E-state index contributed by atoms with van der Waals surface area (Å²) in [7, 11) is 0. The molecule has 1 saturated heterocycles. The minimum Gasteiger partial charge on any atom is -0.361 e. The number of carbonyl (C=O) groups excluding carboxylic acids is 6. The topological polar surface area (TPSA) is 278 Å². The van der Waals surface area contributed by atoms with Gasteiger partial charge in [0.2, 0.25) is 17.7 Å².